The third-order valence-corrected chi connectivity index (χ3v) is 2.58. The van der Waals surface area contributed by atoms with Crippen molar-refractivity contribution in [1.29, 1.82) is 5.26 Å². The van der Waals surface area contributed by atoms with Crippen LogP contribution >= 0.6 is 15.9 Å². The maximum atomic E-state index is 10.7. The number of rotatable bonds is 4. The van der Waals surface area contributed by atoms with Crippen LogP contribution in [0.3, 0.4) is 0 Å². The molecule has 1 aromatic carbocycles. The number of carbonyl (C=O) groups excluding carboxylic acids is 1. The van der Waals surface area contributed by atoms with E-state index >= 15 is 0 Å². The van der Waals surface area contributed by atoms with E-state index in [1.807, 2.05) is 6.07 Å². The van der Waals surface area contributed by atoms with Crippen LogP contribution in [0, 0.1) is 11.3 Å². The molecule has 0 aromatic heterocycles. The van der Waals surface area contributed by atoms with E-state index in [1.165, 1.54) is 13.2 Å². The third-order valence-electron chi connectivity index (χ3n) is 1.90. The Morgan fingerprint density at radius 1 is 1.50 bits per heavy atom. The zero-order chi connectivity index (χ0) is 12.1. The van der Waals surface area contributed by atoms with Crippen LogP contribution in [-0.2, 0) is 0 Å². The van der Waals surface area contributed by atoms with Crippen molar-refractivity contribution in [1.82, 2.24) is 0 Å². The van der Waals surface area contributed by atoms with Crippen molar-refractivity contribution in [2.75, 3.05) is 7.11 Å². The van der Waals surface area contributed by atoms with Crippen molar-refractivity contribution in [3.63, 3.8) is 0 Å². The largest absolute Gasteiger partial charge is 0.493 e. The highest BCUT2D eigenvalue weighted by molar-refractivity contribution is 9.10. The Hall–Kier alpha value is -1.54. The molecule has 0 aliphatic rings. The Kier molecular flexibility index (Phi) is 4.32. The smallest absolute Gasteiger partial charge is 0.181 e. The number of methoxy groups -OCH3 is 1. The van der Waals surface area contributed by atoms with Crippen LogP contribution < -0.4 is 9.47 Å². The van der Waals surface area contributed by atoms with Crippen molar-refractivity contribution in [3.05, 3.63) is 22.2 Å². The Bertz CT molecular complexity index is 440. The van der Waals surface area contributed by atoms with Crippen LogP contribution in [0.4, 0.5) is 0 Å². The van der Waals surface area contributed by atoms with Gasteiger partial charge in [-0.15, -0.1) is 0 Å². The number of hydrogen-bond acceptors (Lipinski definition) is 4. The number of benzene rings is 1. The van der Waals surface area contributed by atoms with Gasteiger partial charge in [-0.05, 0) is 35.0 Å². The van der Waals surface area contributed by atoms with E-state index in [0.29, 0.717) is 27.8 Å². The minimum absolute atomic E-state index is 0.377. The predicted molar refractivity (Wildman–Crippen MR) is 61.8 cm³/mol. The third kappa shape index (κ3) is 2.74. The lowest BCUT2D eigenvalue weighted by Gasteiger charge is -2.13. The van der Waals surface area contributed by atoms with Gasteiger partial charge in [-0.25, -0.2) is 0 Å². The van der Waals surface area contributed by atoms with Gasteiger partial charge in [-0.3, -0.25) is 4.79 Å². The molecular weight excluding hydrogens is 274 g/mol. The molecule has 4 nitrogen and oxygen atoms in total. The van der Waals surface area contributed by atoms with Crippen molar-refractivity contribution < 1.29 is 14.3 Å². The first-order valence-corrected chi connectivity index (χ1v) is 5.30. The fraction of sp³-hybridized carbons (Fsp3) is 0.273. The summed E-state index contributed by atoms with van der Waals surface area (Å²) in [5, 5.41) is 8.65. The number of hydrogen-bond donors (Lipinski definition) is 0. The van der Waals surface area contributed by atoms with Gasteiger partial charge in [0, 0.05) is 10.0 Å². The van der Waals surface area contributed by atoms with E-state index in [2.05, 4.69) is 15.9 Å². The summed E-state index contributed by atoms with van der Waals surface area (Å²) >= 11 is 3.23. The van der Waals surface area contributed by atoms with E-state index in [9.17, 15) is 4.79 Å². The molecule has 0 heterocycles. The fourth-order valence-electron chi connectivity index (χ4n) is 1.11. The molecule has 0 saturated carbocycles. The van der Waals surface area contributed by atoms with Gasteiger partial charge in [-0.2, -0.15) is 5.26 Å². The molecule has 16 heavy (non-hydrogen) atoms. The maximum absolute atomic E-state index is 10.7. The van der Waals surface area contributed by atoms with E-state index in [1.54, 1.807) is 13.0 Å². The zero-order valence-electron chi connectivity index (χ0n) is 8.86. The van der Waals surface area contributed by atoms with Crippen molar-refractivity contribution in [3.8, 4) is 17.6 Å². The highest BCUT2D eigenvalue weighted by Crippen LogP contribution is 2.33. The summed E-state index contributed by atoms with van der Waals surface area (Å²) in [7, 11) is 1.49. The van der Waals surface area contributed by atoms with Gasteiger partial charge in [0.05, 0.1) is 7.11 Å². The number of nitriles is 1. The van der Waals surface area contributed by atoms with Gasteiger partial charge in [0.1, 0.15) is 6.07 Å². The number of halogens is 1. The minimum atomic E-state index is -0.602. The second-order valence-electron chi connectivity index (χ2n) is 3.03. The molecule has 0 aliphatic heterocycles. The van der Waals surface area contributed by atoms with Gasteiger partial charge in [-0.1, -0.05) is 0 Å². The molecule has 84 valence electrons. The van der Waals surface area contributed by atoms with E-state index in [-0.39, 0.29) is 0 Å². The Morgan fingerprint density at radius 2 is 2.19 bits per heavy atom. The first-order chi connectivity index (χ1) is 7.62. The number of ether oxygens (including phenoxy) is 2. The molecule has 0 N–H and O–H groups in total. The molecule has 0 amide bonds. The Morgan fingerprint density at radius 3 is 2.69 bits per heavy atom. The van der Waals surface area contributed by atoms with Crippen LogP contribution in [0.25, 0.3) is 0 Å². The molecule has 0 fully saturated rings. The summed E-state index contributed by atoms with van der Waals surface area (Å²) in [6, 6.07) is 5.10. The van der Waals surface area contributed by atoms with Gasteiger partial charge in [0.2, 0.25) is 0 Å². The summed E-state index contributed by atoms with van der Waals surface area (Å²) < 4.78 is 11.0. The van der Waals surface area contributed by atoms with E-state index in [0.717, 1.165) is 0 Å². The lowest BCUT2D eigenvalue weighted by atomic mass is 10.2. The molecule has 0 spiro atoms. The number of aldehydes is 1. The van der Waals surface area contributed by atoms with Crippen LogP contribution in [0.1, 0.15) is 17.3 Å². The highest BCUT2D eigenvalue weighted by atomic mass is 79.9. The topological polar surface area (TPSA) is 59.3 Å². The standard InChI is InChI=1S/C11H10BrNO3/c1-7(5-13)16-11-3-8(6-14)9(12)4-10(11)15-2/h3-4,6-7H,1-2H3/t7-/m0/s1. The van der Waals surface area contributed by atoms with E-state index in [4.69, 9.17) is 14.7 Å². The second kappa shape index (κ2) is 5.52. The normalized spacial score (nSPS) is 11.4. The van der Waals surface area contributed by atoms with Crippen molar-refractivity contribution >= 4 is 22.2 Å². The monoisotopic (exact) mass is 283 g/mol. The van der Waals surface area contributed by atoms with Crippen LogP contribution in [0.2, 0.25) is 0 Å². The molecule has 1 aromatic rings. The average Bonchev–Trinajstić information content (AvgIpc) is 2.30. The van der Waals surface area contributed by atoms with Gasteiger partial charge in [0.15, 0.2) is 23.9 Å². The quantitative estimate of drug-likeness (QED) is 0.797. The molecular formula is C11H10BrNO3. The van der Waals surface area contributed by atoms with Gasteiger partial charge < -0.3 is 9.47 Å². The number of nitrogens with zero attached hydrogens (tertiary/aromatic N) is 1. The molecule has 0 bridgehead atoms. The molecule has 1 atom stereocenters. The summed E-state index contributed by atoms with van der Waals surface area (Å²) in [5.41, 5.74) is 0.445. The lowest BCUT2D eigenvalue weighted by molar-refractivity contribution is 0.112. The molecule has 5 heteroatoms. The zero-order valence-corrected chi connectivity index (χ0v) is 10.4. The SMILES string of the molecule is COc1cc(Br)c(C=O)cc1O[C@@H](C)C#N. The fourth-order valence-corrected chi connectivity index (χ4v) is 1.53. The molecule has 0 radical (unpaired) electrons. The summed E-state index contributed by atoms with van der Waals surface area (Å²) in [5.74, 6) is 0.849. The van der Waals surface area contributed by atoms with Gasteiger partial charge in [0.25, 0.3) is 0 Å². The van der Waals surface area contributed by atoms with Crippen molar-refractivity contribution in [2.24, 2.45) is 0 Å². The Labute approximate surface area is 102 Å². The average molecular weight is 284 g/mol. The summed E-state index contributed by atoms with van der Waals surface area (Å²) in [6.07, 6.45) is 0.0996. The number of carbonyl (C=O) groups is 1. The molecule has 1 rings (SSSR count). The summed E-state index contributed by atoms with van der Waals surface area (Å²) in [4.78, 5) is 10.7. The minimum Gasteiger partial charge on any atom is -0.493 e. The first kappa shape index (κ1) is 12.5. The highest BCUT2D eigenvalue weighted by Gasteiger charge is 2.12. The molecule has 0 saturated heterocycles. The molecule has 0 unspecified atom stereocenters. The predicted octanol–water partition coefficient (Wildman–Crippen LogP) is 2.56. The van der Waals surface area contributed by atoms with Crippen LogP contribution in [0.15, 0.2) is 16.6 Å². The van der Waals surface area contributed by atoms with Crippen molar-refractivity contribution in [2.45, 2.75) is 13.0 Å². The first-order valence-electron chi connectivity index (χ1n) is 4.51. The molecule has 0 aliphatic carbocycles. The maximum Gasteiger partial charge on any atom is 0.181 e. The van der Waals surface area contributed by atoms with Crippen LogP contribution in [-0.4, -0.2) is 19.5 Å². The summed E-state index contributed by atoms with van der Waals surface area (Å²) in [6.45, 7) is 1.61. The Balaban J connectivity index is 3.15. The lowest BCUT2D eigenvalue weighted by Crippen LogP contribution is -2.09. The van der Waals surface area contributed by atoms with Crippen LogP contribution in [0.5, 0.6) is 11.5 Å². The van der Waals surface area contributed by atoms with E-state index < -0.39 is 6.10 Å². The van der Waals surface area contributed by atoms with Gasteiger partial charge >= 0.3 is 0 Å². The second-order valence-corrected chi connectivity index (χ2v) is 3.89.